The van der Waals surface area contributed by atoms with Gasteiger partial charge in [0.25, 0.3) is 0 Å². The summed E-state index contributed by atoms with van der Waals surface area (Å²) in [5.41, 5.74) is 1.65. The second-order valence-electron chi connectivity index (χ2n) is 4.12. The lowest BCUT2D eigenvalue weighted by Gasteiger charge is -2.08. The molecule has 108 valence electrons. The number of halogens is 1. The van der Waals surface area contributed by atoms with Gasteiger partial charge in [-0.2, -0.15) is 0 Å². The smallest absolute Gasteiger partial charge is 0.349 e. The summed E-state index contributed by atoms with van der Waals surface area (Å²) < 4.78 is 4.81. The Kier molecular flexibility index (Phi) is 6.81. The average Bonchev–Trinajstić information content (AvgIpc) is 2.44. The Hall–Kier alpha value is -1.81. The summed E-state index contributed by atoms with van der Waals surface area (Å²) in [7, 11) is 0. The monoisotopic (exact) mass is 295 g/mol. The second kappa shape index (κ2) is 8.38. The molecule has 0 saturated heterocycles. The Labute approximate surface area is 124 Å². The van der Waals surface area contributed by atoms with E-state index in [1.54, 1.807) is 26.8 Å². The fourth-order valence-electron chi connectivity index (χ4n) is 1.29. The first kappa shape index (κ1) is 16.2. The molecule has 1 aromatic rings. The van der Waals surface area contributed by atoms with E-state index in [1.807, 2.05) is 30.3 Å². The largest absolute Gasteiger partial charge is 0.463 e. The van der Waals surface area contributed by atoms with Crippen molar-refractivity contribution in [3.8, 4) is 0 Å². The van der Waals surface area contributed by atoms with Crippen molar-refractivity contribution in [3.63, 3.8) is 0 Å². The van der Waals surface area contributed by atoms with Crippen molar-refractivity contribution in [1.82, 2.24) is 0 Å². The Morgan fingerprint density at radius 3 is 2.65 bits per heavy atom. The highest BCUT2D eigenvalue weighted by atomic mass is 35.5. The molecule has 4 nitrogen and oxygen atoms in total. The lowest BCUT2D eigenvalue weighted by Crippen LogP contribution is -2.21. The Balaban J connectivity index is 2.53. The van der Waals surface area contributed by atoms with E-state index in [0.717, 1.165) is 5.56 Å². The topological polar surface area (TPSA) is 47.9 Å². The molecule has 1 aromatic carbocycles. The molecular formula is C15H18ClNO3. The number of carbonyl (C=O) groups excluding carboxylic acids is 1. The van der Waals surface area contributed by atoms with E-state index in [9.17, 15) is 4.79 Å². The van der Waals surface area contributed by atoms with Crippen LogP contribution in [0.15, 0.2) is 35.5 Å². The SMILES string of the molecule is CCOC(=O)C(C)O/N=C(C)/C=C/c1ccc(Cl)cc1. The summed E-state index contributed by atoms with van der Waals surface area (Å²) in [5, 5.41) is 4.56. The third kappa shape index (κ3) is 5.89. The number of nitrogens with zero attached hydrogens (tertiary/aromatic N) is 1. The van der Waals surface area contributed by atoms with Crippen LogP contribution in [0.3, 0.4) is 0 Å². The molecule has 1 unspecified atom stereocenters. The fraction of sp³-hybridized carbons (Fsp3) is 0.333. The lowest BCUT2D eigenvalue weighted by atomic mass is 10.2. The fourth-order valence-corrected chi connectivity index (χ4v) is 1.41. The van der Waals surface area contributed by atoms with Gasteiger partial charge in [0, 0.05) is 5.02 Å². The van der Waals surface area contributed by atoms with E-state index in [4.69, 9.17) is 21.2 Å². The zero-order chi connectivity index (χ0) is 15.0. The second-order valence-corrected chi connectivity index (χ2v) is 4.55. The molecule has 1 rings (SSSR count). The van der Waals surface area contributed by atoms with Crippen LogP contribution >= 0.6 is 11.6 Å². The van der Waals surface area contributed by atoms with Gasteiger partial charge < -0.3 is 9.57 Å². The Morgan fingerprint density at radius 1 is 1.40 bits per heavy atom. The van der Waals surface area contributed by atoms with Crippen LogP contribution in [-0.2, 0) is 14.4 Å². The zero-order valence-corrected chi connectivity index (χ0v) is 12.6. The molecule has 0 bridgehead atoms. The van der Waals surface area contributed by atoms with E-state index in [-0.39, 0.29) is 0 Å². The highest BCUT2D eigenvalue weighted by Crippen LogP contribution is 2.10. The molecule has 1 atom stereocenters. The van der Waals surface area contributed by atoms with E-state index in [2.05, 4.69) is 5.16 Å². The Morgan fingerprint density at radius 2 is 2.05 bits per heavy atom. The standard InChI is InChI=1S/C15H18ClNO3/c1-4-19-15(18)12(3)20-17-11(2)5-6-13-7-9-14(16)10-8-13/h5-10,12H,4H2,1-3H3/b6-5+,17-11+. The first-order chi connectivity index (χ1) is 9.52. The minimum atomic E-state index is -0.714. The van der Waals surface area contributed by atoms with Crippen molar-refractivity contribution in [3.05, 3.63) is 40.9 Å². The average molecular weight is 296 g/mol. The Bertz CT molecular complexity index is 494. The molecule has 0 aliphatic carbocycles. The molecule has 0 aliphatic rings. The molecule has 0 amide bonds. The molecule has 0 saturated carbocycles. The van der Waals surface area contributed by atoms with Gasteiger partial charge in [-0.25, -0.2) is 4.79 Å². The molecule has 0 aromatic heterocycles. The van der Waals surface area contributed by atoms with E-state index >= 15 is 0 Å². The van der Waals surface area contributed by atoms with Crippen LogP contribution in [-0.4, -0.2) is 24.4 Å². The van der Waals surface area contributed by atoms with Crippen LogP contribution < -0.4 is 0 Å². The number of ether oxygens (including phenoxy) is 1. The van der Waals surface area contributed by atoms with Gasteiger partial charge in [-0.3, -0.25) is 0 Å². The quantitative estimate of drug-likeness (QED) is 0.457. The number of carbonyl (C=O) groups is 1. The van der Waals surface area contributed by atoms with Crippen LogP contribution in [0.5, 0.6) is 0 Å². The van der Waals surface area contributed by atoms with Gasteiger partial charge >= 0.3 is 5.97 Å². The van der Waals surface area contributed by atoms with E-state index < -0.39 is 12.1 Å². The minimum absolute atomic E-state index is 0.325. The van der Waals surface area contributed by atoms with E-state index in [0.29, 0.717) is 17.3 Å². The summed E-state index contributed by atoms with van der Waals surface area (Å²) in [5.74, 6) is -0.425. The van der Waals surface area contributed by atoms with Crippen LogP contribution in [0.25, 0.3) is 6.08 Å². The van der Waals surface area contributed by atoms with Gasteiger partial charge in [0.1, 0.15) is 0 Å². The third-order valence-corrected chi connectivity index (χ3v) is 2.61. The van der Waals surface area contributed by atoms with Crippen molar-refractivity contribution in [2.75, 3.05) is 6.61 Å². The van der Waals surface area contributed by atoms with Gasteiger partial charge in [0.05, 0.1) is 12.3 Å². The maximum atomic E-state index is 11.3. The number of allylic oxidation sites excluding steroid dienone is 1. The molecule has 20 heavy (non-hydrogen) atoms. The number of benzene rings is 1. The normalized spacial score (nSPS) is 13.3. The van der Waals surface area contributed by atoms with E-state index in [1.165, 1.54) is 0 Å². The first-order valence-electron chi connectivity index (χ1n) is 6.33. The third-order valence-electron chi connectivity index (χ3n) is 2.36. The molecule has 0 fully saturated rings. The predicted octanol–water partition coefficient (Wildman–Crippen LogP) is 3.70. The summed E-state index contributed by atoms with van der Waals surface area (Å²) in [4.78, 5) is 16.4. The summed E-state index contributed by atoms with van der Waals surface area (Å²) >= 11 is 5.80. The molecule has 0 radical (unpaired) electrons. The number of rotatable bonds is 6. The summed E-state index contributed by atoms with van der Waals surface area (Å²) in [6.07, 6.45) is 2.96. The summed E-state index contributed by atoms with van der Waals surface area (Å²) in [6.45, 7) is 5.45. The van der Waals surface area contributed by atoms with Gasteiger partial charge in [-0.15, -0.1) is 0 Å². The van der Waals surface area contributed by atoms with Crippen molar-refractivity contribution in [2.45, 2.75) is 26.9 Å². The van der Waals surface area contributed by atoms with Crippen LogP contribution in [0, 0.1) is 0 Å². The number of oxime groups is 1. The maximum Gasteiger partial charge on any atom is 0.349 e. The number of esters is 1. The van der Waals surface area contributed by atoms with Crippen molar-refractivity contribution >= 4 is 29.4 Å². The van der Waals surface area contributed by atoms with Gasteiger partial charge in [0.2, 0.25) is 6.10 Å². The minimum Gasteiger partial charge on any atom is -0.463 e. The zero-order valence-electron chi connectivity index (χ0n) is 11.8. The predicted molar refractivity (Wildman–Crippen MR) is 80.8 cm³/mol. The van der Waals surface area contributed by atoms with Gasteiger partial charge in [-0.1, -0.05) is 35.0 Å². The molecular weight excluding hydrogens is 278 g/mol. The van der Waals surface area contributed by atoms with Crippen LogP contribution in [0.2, 0.25) is 5.02 Å². The van der Waals surface area contributed by atoms with Crippen molar-refractivity contribution in [2.24, 2.45) is 5.16 Å². The van der Waals surface area contributed by atoms with Crippen LogP contribution in [0.1, 0.15) is 26.3 Å². The molecule has 0 N–H and O–H groups in total. The molecule has 0 aliphatic heterocycles. The number of hydrogen-bond acceptors (Lipinski definition) is 4. The first-order valence-corrected chi connectivity index (χ1v) is 6.71. The summed E-state index contributed by atoms with van der Waals surface area (Å²) in [6, 6.07) is 7.42. The lowest BCUT2D eigenvalue weighted by molar-refractivity contribution is -0.155. The van der Waals surface area contributed by atoms with Crippen molar-refractivity contribution < 1.29 is 14.4 Å². The molecule has 5 heteroatoms. The maximum absolute atomic E-state index is 11.3. The van der Waals surface area contributed by atoms with Crippen molar-refractivity contribution in [1.29, 1.82) is 0 Å². The van der Waals surface area contributed by atoms with Gasteiger partial charge in [0.15, 0.2) is 0 Å². The number of hydrogen-bond donors (Lipinski definition) is 0. The highest BCUT2D eigenvalue weighted by Gasteiger charge is 2.14. The highest BCUT2D eigenvalue weighted by molar-refractivity contribution is 6.30. The molecule has 0 spiro atoms. The van der Waals surface area contributed by atoms with Gasteiger partial charge in [-0.05, 0) is 44.5 Å². The van der Waals surface area contributed by atoms with Crippen LogP contribution in [0.4, 0.5) is 0 Å². The molecule has 0 heterocycles.